The van der Waals surface area contributed by atoms with E-state index in [1.54, 1.807) is 18.2 Å². The summed E-state index contributed by atoms with van der Waals surface area (Å²) in [5.41, 5.74) is 5.55. The molecule has 0 aliphatic rings. The fourth-order valence-electron chi connectivity index (χ4n) is 1.75. The minimum Gasteiger partial charge on any atom is -0.366 e. The molecule has 2 aromatic rings. The van der Waals surface area contributed by atoms with Crippen molar-refractivity contribution in [1.82, 2.24) is 0 Å². The van der Waals surface area contributed by atoms with E-state index in [1.807, 2.05) is 0 Å². The van der Waals surface area contributed by atoms with Gasteiger partial charge >= 0.3 is 0 Å². The molecule has 0 unspecified atom stereocenters. The number of primary amides is 1. The highest BCUT2D eigenvalue weighted by Crippen LogP contribution is 2.34. The van der Waals surface area contributed by atoms with Crippen LogP contribution in [-0.4, -0.2) is 10.8 Å². The van der Waals surface area contributed by atoms with E-state index in [4.69, 9.17) is 28.9 Å². The van der Waals surface area contributed by atoms with Gasteiger partial charge in [-0.25, -0.2) is 0 Å². The average Bonchev–Trinajstić information content (AvgIpc) is 2.47. The standard InChI is InChI=1S/C14H10Cl2N2O3S/c15-10-3-4-11(16)13(6-10)22-7-9-2-1-8(14(17)19)5-12(9)18(20)21/h1-6H,7H2,(H2,17,19). The highest BCUT2D eigenvalue weighted by molar-refractivity contribution is 7.98. The van der Waals surface area contributed by atoms with Gasteiger partial charge in [-0.3, -0.25) is 14.9 Å². The van der Waals surface area contributed by atoms with Crippen LogP contribution in [-0.2, 0) is 5.75 Å². The lowest BCUT2D eigenvalue weighted by atomic mass is 10.1. The zero-order valence-corrected chi connectivity index (χ0v) is 13.4. The number of benzene rings is 2. The molecular weight excluding hydrogens is 347 g/mol. The van der Waals surface area contributed by atoms with Gasteiger partial charge in [-0.1, -0.05) is 29.3 Å². The van der Waals surface area contributed by atoms with Crippen LogP contribution in [0.3, 0.4) is 0 Å². The van der Waals surface area contributed by atoms with Crippen LogP contribution < -0.4 is 5.73 Å². The van der Waals surface area contributed by atoms with E-state index in [0.29, 0.717) is 21.4 Å². The summed E-state index contributed by atoms with van der Waals surface area (Å²) in [5.74, 6) is -0.393. The Kier molecular flexibility index (Phi) is 5.28. The Morgan fingerprint density at radius 2 is 1.95 bits per heavy atom. The summed E-state index contributed by atoms with van der Waals surface area (Å²) in [6.45, 7) is 0. The predicted molar refractivity (Wildman–Crippen MR) is 87.6 cm³/mol. The van der Waals surface area contributed by atoms with Gasteiger partial charge in [0, 0.05) is 32.9 Å². The molecule has 5 nitrogen and oxygen atoms in total. The molecule has 2 N–H and O–H groups in total. The number of nitro benzene ring substituents is 1. The topological polar surface area (TPSA) is 86.2 Å². The zero-order chi connectivity index (χ0) is 16.3. The number of hydrogen-bond donors (Lipinski definition) is 1. The van der Waals surface area contributed by atoms with Gasteiger partial charge in [0.05, 0.1) is 9.95 Å². The summed E-state index contributed by atoms with van der Waals surface area (Å²) in [6, 6.07) is 9.18. The summed E-state index contributed by atoms with van der Waals surface area (Å²) in [7, 11) is 0. The van der Waals surface area contributed by atoms with Crippen LogP contribution in [0.15, 0.2) is 41.3 Å². The maximum absolute atomic E-state index is 11.1. The first-order valence-electron chi connectivity index (χ1n) is 6.03. The Morgan fingerprint density at radius 3 is 2.59 bits per heavy atom. The molecule has 2 aromatic carbocycles. The molecule has 0 heterocycles. The number of carbonyl (C=O) groups is 1. The first kappa shape index (κ1) is 16.6. The van der Waals surface area contributed by atoms with Gasteiger partial charge in [0.2, 0.25) is 5.91 Å². The first-order chi connectivity index (χ1) is 10.4. The highest BCUT2D eigenvalue weighted by Gasteiger charge is 2.17. The molecule has 0 radical (unpaired) electrons. The van der Waals surface area contributed by atoms with E-state index in [9.17, 15) is 14.9 Å². The van der Waals surface area contributed by atoms with Gasteiger partial charge in [0.25, 0.3) is 5.69 Å². The van der Waals surface area contributed by atoms with E-state index < -0.39 is 10.8 Å². The van der Waals surface area contributed by atoms with E-state index in [2.05, 4.69) is 0 Å². The summed E-state index contributed by atoms with van der Waals surface area (Å²) >= 11 is 13.3. The first-order valence-corrected chi connectivity index (χ1v) is 7.77. The summed E-state index contributed by atoms with van der Waals surface area (Å²) < 4.78 is 0. The lowest BCUT2D eigenvalue weighted by molar-refractivity contribution is -0.385. The highest BCUT2D eigenvalue weighted by atomic mass is 35.5. The van der Waals surface area contributed by atoms with Crippen LogP contribution in [0.25, 0.3) is 0 Å². The molecule has 0 saturated heterocycles. The van der Waals surface area contributed by atoms with Crippen molar-refractivity contribution < 1.29 is 9.72 Å². The van der Waals surface area contributed by atoms with Crippen molar-refractivity contribution >= 4 is 46.6 Å². The third kappa shape index (κ3) is 3.91. The number of rotatable bonds is 5. The smallest absolute Gasteiger partial charge is 0.274 e. The van der Waals surface area contributed by atoms with E-state index in [-0.39, 0.29) is 11.3 Å². The SMILES string of the molecule is NC(=O)c1ccc(CSc2cc(Cl)ccc2Cl)c([N+](=O)[O-])c1. The summed E-state index contributed by atoms with van der Waals surface area (Å²) in [5, 5.41) is 12.2. The van der Waals surface area contributed by atoms with Crippen molar-refractivity contribution in [2.75, 3.05) is 0 Å². The van der Waals surface area contributed by atoms with Crippen molar-refractivity contribution in [3.63, 3.8) is 0 Å². The van der Waals surface area contributed by atoms with Crippen LogP contribution in [0.4, 0.5) is 5.69 Å². The van der Waals surface area contributed by atoms with Crippen molar-refractivity contribution in [3.05, 3.63) is 67.7 Å². The minimum absolute atomic E-state index is 0.0984. The maximum atomic E-state index is 11.1. The third-order valence-electron chi connectivity index (χ3n) is 2.84. The molecule has 8 heteroatoms. The molecule has 0 aliphatic carbocycles. The van der Waals surface area contributed by atoms with Gasteiger partial charge in [-0.2, -0.15) is 0 Å². The van der Waals surface area contributed by atoms with Crippen LogP contribution >= 0.6 is 35.0 Å². The molecule has 0 spiro atoms. The Labute approximate surface area is 140 Å². The molecule has 0 aromatic heterocycles. The lowest BCUT2D eigenvalue weighted by Gasteiger charge is -2.06. The minimum atomic E-state index is -0.708. The van der Waals surface area contributed by atoms with Crippen molar-refractivity contribution in [2.24, 2.45) is 5.73 Å². The van der Waals surface area contributed by atoms with Gasteiger partial charge in [-0.05, 0) is 24.3 Å². The van der Waals surface area contributed by atoms with Crippen LogP contribution in [0, 0.1) is 10.1 Å². The average molecular weight is 357 g/mol. The lowest BCUT2D eigenvalue weighted by Crippen LogP contribution is -2.11. The van der Waals surface area contributed by atoms with Gasteiger partial charge in [-0.15, -0.1) is 11.8 Å². The summed E-state index contributed by atoms with van der Waals surface area (Å²) in [6.07, 6.45) is 0. The van der Waals surface area contributed by atoms with Gasteiger partial charge < -0.3 is 5.73 Å². The van der Waals surface area contributed by atoms with Crippen molar-refractivity contribution in [1.29, 1.82) is 0 Å². The number of nitrogens with two attached hydrogens (primary N) is 1. The molecule has 1 amide bonds. The van der Waals surface area contributed by atoms with E-state index >= 15 is 0 Å². The number of thioether (sulfide) groups is 1. The molecule has 2 rings (SSSR count). The fourth-order valence-corrected chi connectivity index (χ4v) is 3.24. The number of carbonyl (C=O) groups excluding carboxylic acids is 1. The predicted octanol–water partition coefficient (Wildman–Crippen LogP) is 4.29. The quantitative estimate of drug-likeness (QED) is 0.491. The number of nitro groups is 1. The second-order valence-corrected chi connectivity index (χ2v) is 6.19. The molecule has 0 saturated carbocycles. The normalized spacial score (nSPS) is 10.5. The zero-order valence-electron chi connectivity index (χ0n) is 11.1. The van der Waals surface area contributed by atoms with E-state index in [1.165, 1.54) is 30.0 Å². The Balaban J connectivity index is 2.27. The maximum Gasteiger partial charge on any atom is 0.274 e. The largest absolute Gasteiger partial charge is 0.366 e. The van der Waals surface area contributed by atoms with Crippen molar-refractivity contribution in [2.45, 2.75) is 10.6 Å². The Hall–Kier alpha value is -1.76. The third-order valence-corrected chi connectivity index (χ3v) is 4.62. The van der Waals surface area contributed by atoms with Crippen LogP contribution in [0.2, 0.25) is 10.0 Å². The number of halogens is 2. The van der Waals surface area contributed by atoms with Gasteiger partial charge in [0.1, 0.15) is 0 Å². The molecule has 114 valence electrons. The molecule has 0 fully saturated rings. The number of hydrogen-bond acceptors (Lipinski definition) is 4. The summed E-state index contributed by atoms with van der Waals surface area (Å²) in [4.78, 5) is 22.4. The monoisotopic (exact) mass is 356 g/mol. The Morgan fingerprint density at radius 1 is 1.23 bits per heavy atom. The molecular formula is C14H10Cl2N2O3S. The Bertz CT molecular complexity index is 753. The molecule has 0 aliphatic heterocycles. The number of nitrogens with zero attached hydrogens (tertiary/aromatic N) is 1. The molecule has 0 bridgehead atoms. The fraction of sp³-hybridized carbons (Fsp3) is 0.0714. The van der Waals surface area contributed by atoms with Crippen molar-refractivity contribution in [3.8, 4) is 0 Å². The molecule has 0 atom stereocenters. The second-order valence-electron chi connectivity index (χ2n) is 4.33. The number of amides is 1. The second kappa shape index (κ2) is 7.00. The van der Waals surface area contributed by atoms with Crippen LogP contribution in [0.1, 0.15) is 15.9 Å². The van der Waals surface area contributed by atoms with Crippen LogP contribution in [0.5, 0.6) is 0 Å². The van der Waals surface area contributed by atoms with E-state index in [0.717, 1.165) is 4.90 Å². The van der Waals surface area contributed by atoms with Gasteiger partial charge in [0.15, 0.2) is 0 Å². The molecule has 22 heavy (non-hydrogen) atoms.